The highest BCUT2D eigenvalue weighted by Crippen LogP contribution is 2.17. The van der Waals surface area contributed by atoms with Gasteiger partial charge >= 0.3 is 0 Å². The molecule has 1 fully saturated rings. The Hall–Kier alpha value is -0.250. The van der Waals surface area contributed by atoms with Gasteiger partial charge in [-0.2, -0.15) is 8.42 Å². The van der Waals surface area contributed by atoms with E-state index in [2.05, 4.69) is 5.32 Å². The molecule has 0 heterocycles. The van der Waals surface area contributed by atoms with Crippen LogP contribution in [0.4, 0.5) is 0 Å². The molecule has 1 saturated carbocycles. The molecule has 0 saturated heterocycles. The Morgan fingerprint density at radius 3 is 2.48 bits per heavy atom. The van der Waals surface area contributed by atoms with Gasteiger partial charge < -0.3 is 19.9 Å². The summed E-state index contributed by atoms with van der Waals surface area (Å²) in [6, 6.07) is 0.400. The minimum absolute atomic E-state index is 0.0579. The van der Waals surface area contributed by atoms with Crippen molar-refractivity contribution >= 4 is 10.1 Å². The van der Waals surface area contributed by atoms with E-state index in [0.29, 0.717) is 12.6 Å². The Balaban J connectivity index is 2.29. The van der Waals surface area contributed by atoms with Crippen LogP contribution in [-0.4, -0.2) is 68.9 Å². The summed E-state index contributed by atoms with van der Waals surface area (Å²) in [5.41, 5.74) is 0. The SMILES string of the molecule is O=S(=O)(O)CC(CNC1CCCCC1)OCCOCCO. The van der Waals surface area contributed by atoms with Crippen molar-refractivity contribution in [2.45, 2.75) is 44.2 Å². The molecule has 1 atom stereocenters. The molecule has 1 unspecified atom stereocenters. The molecule has 0 aromatic carbocycles. The molecule has 21 heavy (non-hydrogen) atoms. The maximum Gasteiger partial charge on any atom is 0.267 e. The zero-order valence-corrected chi connectivity index (χ0v) is 13.2. The molecule has 1 aliphatic carbocycles. The van der Waals surface area contributed by atoms with Crippen molar-refractivity contribution in [3.63, 3.8) is 0 Å². The number of ether oxygens (including phenoxy) is 2. The predicted octanol–water partition coefficient (Wildman–Crippen LogP) is 0.191. The standard InChI is InChI=1S/C13H27NO6S/c15-6-7-19-8-9-20-13(11-21(16,17)18)10-14-12-4-2-1-3-5-12/h12-15H,1-11H2,(H,16,17,18). The van der Waals surface area contributed by atoms with E-state index < -0.39 is 22.0 Å². The molecular weight excluding hydrogens is 298 g/mol. The normalized spacial score (nSPS) is 18.8. The first-order valence-corrected chi connectivity index (χ1v) is 9.11. The molecule has 0 bridgehead atoms. The fourth-order valence-corrected chi connectivity index (χ4v) is 3.13. The van der Waals surface area contributed by atoms with Gasteiger partial charge in [-0.05, 0) is 12.8 Å². The first-order chi connectivity index (χ1) is 10.0. The summed E-state index contributed by atoms with van der Waals surface area (Å²) < 4.78 is 41.5. The van der Waals surface area contributed by atoms with Gasteiger partial charge in [0.2, 0.25) is 0 Å². The van der Waals surface area contributed by atoms with Crippen LogP contribution in [0.3, 0.4) is 0 Å². The summed E-state index contributed by atoms with van der Waals surface area (Å²) in [6.07, 6.45) is 5.23. The molecule has 0 spiro atoms. The monoisotopic (exact) mass is 325 g/mol. The fraction of sp³-hybridized carbons (Fsp3) is 1.00. The number of nitrogens with one attached hydrogen (secondary N) is 1. The average molecular weight is 325 g/mol. The van der Waals surface area contributed by atoms with Crippen LogP contribution < -0.4 is 5.32 Å². The van der Waals surface area contributed by atoms with Crippen molar-refractivity contribution in [3.05, 3.63) is 0 Å². The maximum atomic E-state index is 11.0. The highest BCUT2D eigenvalue weighted by Gasteiger charge is 2.20. The highest BCUT2D eigenvalue weighted by atomic mass is 32.2. The number of hydrogen-bond acceptors (Lipinski definition) is 6. The van der Waals surface area contributed by atoms with E-state index in [0.717, 1.165) is 12.8 Å². The Kier molecular flexibility index (Phi) is 9.37. The van der Waals surface area contributed by atoms with E-state index in [9.17, 15) is 8.42 Å². The van der Waals surface area contributed by atoms with Crippen molar-refractivity contribution in [2.24, 2.45) is 0 Å². The summed E-state index contributed by atoms with van der Waals surface area (Å²) in [5, 5.41) is 11.9. The molecule has 7 nitrogen and oxygen atoms in total. The van der Waals surface area contributed by atoms with Gasteiger partial charge in [-0.25, -0.2) is 0 Å². The Bertz CT molecular complexity index is 356. The quantitative estimate of drug-likeness (QED) is 0.368. The van der Waals surface area contributed by atoms with E-state index in [1.807, 2.05) is 0 Å². The smallest absolute Gasteiger partial charge is 0.267 e. The van der Waals surface area contributed by atoms with Crippen LogP contribution in [0, 0.1) is 0 Å². The van der Waals surface area contributed by atoms with Gasteiger partial charge in [0.1, 0.15) is 5.75 Å². The Labute approximate surface area is 126 Å². The largest absolute Gasteiger partial charge is 0.394 e. The van der Waals surface area contributed by atoms with Crippen molar-refractivity contribution in [3.8, 4) is 0 Å². The van der Waals surface area contributed by atoms with Crippen molar-refractivity contribution in [2.75, 3.05) is 38.7 Å². The maximum absolute atomic E-state index is 11.0. The lowest BCUT2D eigenvalue weighted by Gasteiger charge is -2.25. The van der Waals surface area contributed by atoms with E-state index >= 15 is 0 Å². The molecule has 0 amide bonds. The van der Waals surface area contributed by atoms with Crippen LogP contribution in [0.25, 0.3) is 0 Å². The second-order valence-electron chi connectivity index (χ2n) is 5.32. The molecule has 0 radical (unpaired) electrons. The lowest BCUT2D eigenvalue weighted by molar-refractivity contribution is 0.00421. The Morgan fingerprint density at radius 2 is 1.86 bits per heavy atom. The molecule has 0 aliphatic heterocycles. The average Bonchev–Trinajstić information content (AvgIpc) is 2.44. The van der Waals surface area contributed by atoms with Gasteiger partial charge in [-0.15, -0.1) is 0 Å². The zero-order valence-electron chi connectivity index (χ0n) is 12.4. The van der Waals surface area contributed by atoms with Crippen LogP contribution in [0.2, 0.25) is 0 Å². The van der Waals surface area contributed by atoms with Gasteiger partial charge in [0, 0.05) is 12.6 Å². The number of rotatable bonds is 11. The van der Waals surface area contributed by atoms with Gasteiger partial charge in [0.25, 0.3) is 10.1 Å². The van der Waals surface area contributed by atoms with Gasteiger partial charge in [-0.3, -0.25) is 4.55 Å². The lowest BCUT2D eigenvalue weighted by Crippen LogP contribution is -2.41. The van der Waals surface area contributed by atoms with Gasteiger partial charge in [0.05, 0.1) is 32.5 Å². The van der Waals surface area contributed by atoms with E-state index in [4.69, 9.17) is 19.1 Å². The molecule has 0 aromatic heterocycles. The van der Waals surface area contributed by atoms with Crippen LogP contribution in [0.1, 0.15) is 32.1 Å². The van der Waals surface area contributed by atoms with Crippen LogP contribution in [-0.2, 0) is 19.6 Å². The summed E-state index contributed by atoms with van der Waals surface area (Å²) in [7, 11) is -4.07. The summed E-state index contributed by atoms with van der Waals surface area (Å²) in [5.74, 6) is -0.424. The van der Waals surface area contributed by atoms with E-state index in [1.54, 1.807) is 0 Å². The van der Waals surface area contributed by atoms with Gasteiger partial charge in [-0.1, -0.05) is 19.3 Å². The number of hydrogen-bond donors (Lipinski definition) is 3. The third-order valence-electron chi connectivity index (χ3n) is 3.45. The number of aliphatic hydroxyl groups is 1. The fourth-order valence-electron chi connectivity index (χ4n) is 2.45. The second kappa shape index (κ2) is 10.5. The van der Waals surface area contributed by atoms with Gasteiger partial charge in [0.15, 0.2) is 0 Å². The Morgan fingerprint density at radius 1 is 1.14 bits per heavy atom. The molecule has 126 valence electrons. The molecule has 8 heteroatoms. The minimum Gasteiger partial charge on any atom is -0.394 e. The molecular formula is C13H27NO6S. The van der Waals surface area contributed by atoms with E-state index in [-0.39, 0.29) is 26.4 Å². The first-order valence-electron chi connectivity index (χ1n) is 7.50. The van der Waals surface area contributed by atoms with Crippen molar-refractivity contribution in [1.82, 2.24) is 5.32 Å². The summed E-state index contributed by atoms with van der Waals surface area (Å²) >= 11 is 0. The third kappa shape index (κ3) is 10.2. The minimum atomic E-state index is -4.07. The van der Waals surface area contributed by atoms with Crippen LogP contribution in [0.15, 0.2) is 0 Å². The van der Waals surface area contributed by atoms with Crippen LogP contribution in [0.5, 0.6) is 0 Å². The van der Waals surface area contributed by atoms with Crippen molar-refractivity contribution in [1.29, 1.82) is 0 Å². The lowest BCUT2D eigenvalue weighted by atomic mass is 9.95. The first kappa shape index (κ1) is 18.8. The van der Waals surface area contributed by atoms with Crippen molar-refractivity contribution < 1.29 is 27.6 Å². The third-order valence-corrected chi connectivity index (χ3v) is 4.25. The zero-order chi connectivity index (χ0) is 15.6. The molecule has 1 aliphatic rings. The number of aliphatic hydroxyl groups excluding tert-OH is 1. The second-order valence-corrected chi connectivity index (χ2v) is 6.82. The summed E-state index contributed by atoms with van der Waals surface area (Å²) in [6.45, 7) is 1.08. The molecule has 0 aromatic rings. The highest BCUT2D eigenvalue weighted by molar-refractivity contribution is 7.85. The summed E-state index contributed by atoms with van der Waals surface area (Å²) in [4.78, 5) is 0. The topological polar surface area (TPSA) is 105 Å². The van der Waals surface area contributed by atoms with Crippen LogP contribution >= 0.6 is 0 Å². The molecule has 1 rings (SSSR count). The van der Waals surface area contributed by atoms with E-state index in [1.165, 1.54) is 19.3 Å². The molecule has 3 N–H and O–H groups in total. The predicted molar refractivity (Wildman–Crippen MR) is 78.9 cm³/mol.